The highest BCUT2D eigenvalue weighted by molar-refractivity contribution is 5.87. The summed E-state index contributed by atoms with van der Waals surface area (Å²) in [4.78, 5) is 24.0. The van der Waals surface area contributed by atoms with E-state index in [1.54, 1.807) is 6.92 Å². The summed E-state index contributed by atoms with van der Waals surface area (Å²) in [7, 11) is 0. The van der Waals surface area contributed by atoms with Crippen LogP contribution in [0.5, 0.6) is 0 Å². The SMILES string of the molecule is CCOC(=O)/C(F)=C/[C@H]1[C@@H](C(=O)OCc2cccc(-c3ccccc3)c2)C1(C)C. The van der Waals surface area contributed by atoms with Crippen molar-refractivity contribution in [1.82, 2.24) is 0 Å². The van der Waals surface area contributed by atoms with Gasteiger partial charge in [0.25, 0.3) is 0 Å². The van der Waals surface area contributed by atoms with Crippen LogP contribution in [0.2, 0.25) is 0 Å². The van der Waals surface area contributed by atoms with Gasteiger partial charge < -0.3 is 9.47 Å². The highest BCUT2D eigenvalue weighted by Crippen LogP contribution is 2.60. The van der Waals surface area contributed by atoms with Crippen molar-refractivity contribution >= 4 is 11.9 Å². The molecule has 2 aromatic carbocycles. The Hall–Kier alpha value is -2.95. The van der Waals surface area contributed by atoms with E-state index < -0.39 is 35.0 Å². The Morgan fingerprint density at radius 3 is 2.41 bits per heavy atom. The molecular weight excluding hydrogens is 371 g/mol. The molecular formula is C24H25FO4. The highest BCUT2D eigenvalue weighted by atomic mass is 19.1. The van der Waals surface area contributed by atoms with E-state index in [1.165, 1.54) is 6.08 Å². The molecule has 0 spiro atoms. The number of esters is 2. The third kappa shape index (κ3) is 4.73. The first kappa shape index (κ1) is 20.8. The van der Waals surface area contributed by atoms with Gasteiger partial charge in [-0.15, -0.1) is 0 Å². The minimum atomic E-state index is -1.000. The van der Waals surface area contributed by atoms with Crippen LogP contribution in [0.4, 0.5) is 4.39 Å². The summed E-state index contributed by atoms with van der Waals surface area (Å²) >= 11 is 0. The average Bonchev–Trinajstić information content (AvgIpc) is 3.27. The summed E-state index contributed by atoms with van der Waals surface area (Å²) in [5.41, 5.74) is 2.54. The van der Waals surface area contributed by atoms with Crippen molar-refractivity contribution in [1.29, 1.82) is 0 Å². The number of carbonyl (C=O) groups excluding carboxylic acids is 2. The van der Waals surface area contributed by atoms with Crippen molar-refractivity contribution in [2.75, 3.05) is 6.61 Å². The van der Waals surface area contributed by atoms with Crippen LogP contribution in [0.1, 0.15) is 26.3 Å². The second-order valence-corrected chi connectivity index (χ2v) is 7.73. The topological polar surface area (TPSA) is 52.6 Å². The molecule has 1 aliphatic rings. The van der Waals surface area contributed by atoms with Gasteiger partial charge >= 0.3 is 11.9 Å². The zero-order valence-electron chi connectivity index (χ0n) is 16.9. The van der Waals surface area contributed by atoms with Gasteiger partial charge in [-0.25, -0.2) is 4.79 Å². The molecule has 2 aromatic rings. The van der Waals surface area contributed by atoms with E-state index in [9.17, 15) is 14.0 Å². The van der Waals surface area contributed by atoms with Crippen LogP contribution in [0.3, 0.4) is 0 Å². The Bertz CT molecular complexity index is 917. The zero-order valence-corrected chi connectivity index (χ0v) is 16.9. The summed E-state index contributed by atoms with van der Waals surface area (Å²) in [5, 5.41) is 0. The number of carbonyl (C=O) groups is 2. The van der Waals surface area contributed by atoms with Crippen molar-refractivity contribution in [2.45, 2.75) is 27.4 Å². The molecule has 29 heavy (non-hydrogen) atoms. The number of allylic oxidation sites excluding steroid dienone is 1. The Balaban J connectivity index is 1.63. The Morgan fingerprint density at radius 2 is 1.72 bits per heavy atom. The fraction of sp³-hybridized carbons (Fsp3) is 0.333. The van der Waals surface area contributed by atoms with Gasteiger partial charge in [-0.1, -0.05) is 62.4 Å². The van der Waals surface area contributed by atoms with Gasteiger partial charge in [-0.2, -0.15) is 4.39 Å². The molecule has 0 aliphatic heterocycles. The van der Waals surface area contributed by atoms with Crippen LogP contribution in [0.15, 0.2) is 66.5 Å². The molecule has 0 N–H and O–H groups in total. The monoisotopic (exact) mass is 396 g/mol. The number of benzene rings is 2. The molecule has 152 valence electrons. The standard InChI is InChI=1S/C24H25FO4/c1-4-28-22(26)20(25)14-19-21(24(19,2)3)23(27)29-15-16-9-8-12-18(13-16)17-10-6-5-7-11-17/h5-14,19,21H,4,15H2,1-3H3/b20-14-/t19-,21-/m0/s1. The molecule has 1 fully saturated rings. The summed E-state index contributed by atoms with van der Waals surface area (Å²) in [5.74, 6) is -3.23. The van der Waals surface area contributed by atoms with Gasteiger partial charge in [0.15, 0.2) is 0 Å². The number of hydrogen-bond acceptors (Lipinski definition) is 4. The molecule has 1 saturated carbocycles. The first-order valence-electron chi connectivity index (χ1n) is 9.70. The van der Waals surface area contributed by atoms with E-state index in [4.69, 9.17) is 4.74 Å². The second kappa shape index (κ2) is 8.60. The fourth-order valence-electron chi connectivity index (χ4n) is 3.58. The minimum absolute atomic E-state index is 0.0989. The van der Waals surface area contributed by atoms with Gasteiger partial charge in [0, 0.05) is 0 Å². The molecule has 5 heteroatoms. The molecule has 3 rings (SSSR count). The van der Waals surface area contributed by atoms with Gasteiger partial charge in [0.05, 0.1) is 12.5 Å². The predicted octanol–water partition coefficient (Wildman–Crippen LogP) is 5.09. The van der Waals surface area contributed by atoms with Crippen molar-refractivity contribution < 1.29 is 23.5 Å². The second-order valence-electron chi connectivity index (χ2n) is 7.73. The molecule has 0 bridgehead atoms. The van der Waals surface area contributed by atoms with Crippen molar-refractivity contribution in [2.24, 2.45) is 17.3 Å². The smallest absolute Gasteiger partial charge is 0.366 e. The van der Waals surface area contributed by atoms with Gasteiger partial charge in [-0.3, -0.25) is 4.79 Å². The third-order valence-corrected chi connectivity index (χ3v) is 5.38. The number of halogens is 1. The van der Waals surface area contributed by atoms with Crippen molar-refractivity contribution in [3.63, 3.8) is 0 Å². The predicted molar refractivity (Wildman–Crippen MR) is 108 cm³/mol. The van der Waals surface area contributed by atoms with Crippen LogP contribution in [-0.2, 0) is 25.7 Å². The van der Waals surface area contributed by atoms with Crippen LogP contribution < -0.4 is 0 Å². The van der Waals surface area contributed by atoms with Crippen LogP contribution in [-0.4, -0.2) is 18.5 Å². The Labute approximate surface area is 170 Å². The first-order chi connectivity index (χ1) is 13.8. The fourth-order valence-corrected chi connectivity index (χ4v) is 3.58. The first-order valence-corrected chi connectivity index (χ1v) is 9.70. The number of ether oxygens (including phenoxy) is 2. The maximum Gasteiger partial charge on any atom is 0.366 e. The Morgan fingerprint density at radius 1 is 1.03 bits per heavy atom. The number of rotatable bonds is 7. The lowest BCUT2D eigenvalue weighted by Gasteiger charge is -2.08. The van der Waals surface area contributed by atoms with Gasteiger partial charge in [0.1, 0.15) is 6.61 Å². The van der Waals surface area contributed by atoms with E-state index in [-0.39, 0.29) is 13.2 Å². The number of hydrogen-bond donors (Lipinski definition) is 0. The third-order valence-electron chi connectivity index (χ3n) is 5.38. The van der Waals surface area contributed by atoms with E-state index in [2.05, 4.69) is 4.74 Å². The van der Waals surface area contributed by atoms with Crippen LogP contribution >= 0.6 is 0 Å². The van der Waals surface area contributed by atoms with E-state index in [0.29, 0.717) is 0 Å². The summed E-state index contributed by atoms with van der Waals surface area (Å²) in [6.07, 6.45) is 1.18. The molecule has 0 saturated heterocycles. The lowest BCUT2D eigenvalue weighted by Crippen LogP contribution is -2.10. The van der Waals surface area contributed by atoms with Gasteiger partial charge in [0.2, 0.25) is 5.83 Å². The molecule has 1 aliphatic carbocycles. The van der Waals surface area contributed by atoms with Crippen LogP contribution in [0, 0.1) is 17.3 Å². The van der Waals surface area contributed by atoms with Crippen LogP contribution in [0.25, 0.3) is 11.1 Å². The molecule has 0 amide bonds. The molecule has 0 radical (unpaired) electrons. The van der Waals surface area contributed by atoms with E-state index in [1.807, 2.05) is 68.4 Å². The molecule has 4 nitrogen and oxygen atoms in total. The molecule has 0 heterocycles. The zero-order chi connectivity index (χ0) is 21.0. The molecule has 0 aromatic heterocycles. The van der Waals surface area contributed by atoms with Crippen molar-refractivity contribution in [3.8, 4) is 11.1 Å². The lowest BCUT2D eigenvalue weighted by atomic mass is 10.0. The van der Waals surface area contributed by atoms with E-state index in [0.717, 1.165) is 16.7 Å². The Kier molecular flexibility index (Phi) is 6.16. The van der Waals surface area contributed by atoms with Crippen molar-refractivity contribution in [3.05, 3.63) is 72.1 Å². The normalized spacial score (nSPS) is 20.1. The largest absolute Gasteiger partial charge is 0.461 e. The lowest BCUT2D eigenvalue weighted by molar-refractivity contribution is -0.147. The quantitative estimate of drug-likeness (QED) is 0.483. The molecule has 0 unspecified atom stereocenters. The summed E-state index contributed by atoms with van der Waals surface area (Å²) in [6.45, 7) is 5.56. The summed E-state index contributed by atoms with van der Waals surface area (Å²) < 4.78 is 24.1. The highest BCUT2D eigenvalue weighted by Gasteiger charge is 2.62. The van der Waals surface area contributed by atoms with E-state index >= 15 is 0 Å². The average molecular weight is 396 g/mol. The molecule has 2 atom stereocenters. The van der Waals surface area contributed by atoms with Gasteiger partial charge in [-0.05, 0) is 47.1 Å². The summed E-state index contributed by atoms with van der Waals surface area (Å²) in [6, 6.07) is 17.8. The maximum atomic E-state index is 13.9. The maximum absolute atomic E-state index is 13.9. The minimum Gasteiger partial charge on any atom is -0.461 e.